The SMILES string of the molecule is COc1ccc(C(=O)NC2CCCN(C(=O)O)C2)c2nc(-c3cccs3)[nH]c12. The van der Waals surface area contributed by atoms with Gasteiger partial charge in [0.1, 0.15) is 22.6 Å². The Bertz CT molecular complexity index is 1010. The number of amides is 2. The van der Waals surface area contributed by atoms with E-state index in [2.05, 4.69) is 15.3 Å². The Morgan fingerprint density at radius 3 is 2.96 bits per heavy atom. The first kappa shape index (κ1) is 18.3. The zero-order chi connectivity index (χ0) is 19.7. The maximum absolute atomic E-state index is 12.9. The third-order valence-electron chi connectivity index (χ3n) is 4.85. The molecule has 0 aliphatic carbocycles. The molecule has 1 saturated heterocycles. The smallest absolute Gasteiger partial charge is 0.407 e. The average molecular weight is 400 g/mol. The van der Waals surface area contributed by atoms with Crippen molar-refractivity contribution in [3.63, 3.8) is 0 Å². The number of nitrogens with zero attached hydrogens (tertiary/aromatic N) is 2. The monoisotopic (exact) mass is 400 g/mol. The van der Waals surface area contributed by atoms with Gasteiger partial charge in [-0.25, -0.2) is 9.78 Å². The van der Waals surface area contributed by atoms with Gasteiger partial charge in [-0.2, -0.15) is 0 Å². The van der Waals surface area contributed by atoms with Crippen LogP contribution in [0.1, 0.15) is 23.2 Å². The number of benzene rings is 1. The molecule has 1 aromatic carbocycles. The molecule has 1 aliphatic heterocycles. The molecule has 8 nitrogen and oxygen atoms in total. The Balaban J connectivity index is 1.64. The molecule has 3 N–H and O–H groups in total. The lowest BCUT2D eigenvalue weighted by molar-refractivity contribution is 0.0890. The van der Waals surface area contributed by atoms with Gasteiger partial charge in [-0.15, -0.1) is 11.3 Å². The lowest BCUT2D eigenvalue weighted by Crippen LogP contribution is -2.49. The number of carboxylic acid groups (broad SMARTS) is 1. The van der Waals surface area contributed by atoms with E-state index < -0.39 is 6.09 Å². The van der Waals surface area contributed by atoms with Crippen LogP contribution in [0.25, 0.3) is 21.7 Å². The van der Waals surface area contributed by atoms with Gasteiger partial charge < -0.3 is 25.0 Å². The first-order valence-electron chi connectivity index (χ1n) is 8.96. The van der Waals surface area contributed by atoms with E-state index in [1.165, 1.54) is 4.90 Å². The van der Waals surface area contributed by atoms with Crippen molar-refractivity contribution in [3.8, 4) is 16.5 Å². The Morgan fingerprint density at radius 1 is 1.39 bits per heavy atom. The first-order valence-corrected chi connectivity index (χ1v) is 9.84. The molecule has 1 unspecified atom stereocenters. The molecule has 1 aliphatic rings. The van der Waals surface area contributed by atoms with Crippen molar-refractivity contribution in [2.45, 2.75) is 18.9 Å². The second-order valence-electron chi connectivity index (χ2n) is 6.64. The number of carbonyl (C=O) groups excluding carboxylic acids is 1. The van der Waals surface area contributed by atoms with E-state index in [9.17, 15) is 14.7 Å². The fraction of sp³-hybridized carbons (Fsp3) is 0.316. The fourth-order valence-electron chi connectivity index (χ4n) is 3.48. The van der Waals surface area contributed by atoms with Crippen LogP contribution >= 0.6 is 11.3 Å². The number of H-pyrrole nitrogens is 1. The molecule has 2 aromatic heterocycles. The number of carbonyl (C=O) groups is 2. The Morgan fingerprint density at radius 2 is 2.25 bits per heavy atom. The third-order valence-corrected chi connectivity index (χ3v) is 5.73. The van der Waals surface area contributed by atoms with E-state index in [1.807, 2.05) is 17.5 Å². The number of hydrogen-bond acceptors (Lipinski definition) is 5. The summed E-state index contributed by atoms with van der Waals surface area (Å²) >= 11 is 1.55. The highest BCUT2D eigenvalue weighted by atomic mass is 32.1. The highest BCUT2D eigenvalue weighted by Gasteiger charge is 2.26. The van der Waals surface area contributed by atoms with Crippen LogP contribution in [-0.2, 0) is 0 Å². The summed E-state index contributed by atoms with van der Waals surface area (Å²) in [6, 6.07) is 7.10. The van der Waals surface area contributed by atoms with Crippen LogP contribution in [0.3, 0.4) is 0 Å². The number of nitrogens with one attached hydrogen (secondary N) is 2. The number of thiophene rings is 1. The van der Waals surface area contributed by atoms with Crippen LogP contribution in [0.15, 0.2) is 29.6 Å². The number of aromatic nitrogens is 2. The lowest BCUT2D eigenvalue weighted by Gasteiger charge is -2.31. The number of ether oxygens (including phenoxy) is 1. The molecule has 1 atom stereocenters. The van der Waals surface area contributed by atoms with E-state index in [1.54, 1.807) is 30.6 Å². The molecule has 2 amide bonds. The summed E-state index contributed by atoms with van der Waals surface area (Å²) in [5.41, 5.74) is 1.63. The maximum Gasteiger partial charge on any atom is 0.407 e. The van der Waals surface area contributed by atoms with E-state index in [0.717, 1.165) is 17.7 Å². The summed E-state index contributed by atoms with van der Waals surface area (Å²) < 4.78 is 5.41. The van der Waals surface area contributed by atoms with Crippen LogP contribution in [-0.4, -0.2) is 58.2 Å². The predicted molar refractivity (Wildman–Crippen MR) is 106 cm³/mol. The van der Waals surface area contributed by atoms with Crippen molar-refractivity contribution in [2.75, 3.05) is 20.2 Å². The van der Waals surface area contributed by atoms with Crippen LogP contribution in [0.2, 0.25) is 0 Å². The van der Waals surface area contributed by atoms with Gasteiger partial charge in [-0.05, 0) is 36.4 Å². The second-order valence-corrected chi connectivity index (χ2v) is 7.59. The number of aromatic amines is 1. The van der Waals surface area contributed by atoms with Crippen molar-refractivity contribution in [2.24, 2.45) is 0 Å². The van der Waals surface area contributed by atoms with Gasteiger partial charge in [0.2, 0.25) is 0 Å². The summed E-state index contributed by atoms with van der Waals surface area (Å²) in [5.74, 6) is 1.02. The molecule has 4 rings (SSSR count). The van der Waals surface area contributed by atoms with E-state index >= 15 is 0 Å². The van der Waals surface area contributed by atoms with Crippen molar-refractivity contribution in [1.82, 2.24) is 20.2 Å². The summed E-state index contributed by atoms with van der Waals surface area (Å²) in [5, 5.41) is 14.1. The zero-order valence-electron chi connectivity index (χ0n) is 15.3. The number of piperidine rings is 1. The molecule has 1 fully saturated rings. The fourth-order valence-corrected chi connectivity index (χ4v) is 4.15. The summed E-state index contributed by atoms with van der Waals surface area (Å²) in [6.07, 6.45) is 0.509. The Hall–Kier alpha value is -3.07. The van der Waals surface area contributed by atoms with Gasteiger partial charge in [0.15, 0.2) is 0 Å². The average Bonchev–Trinajstić information content (AvgIpc) is 3.36. The molecule has 0 bridgehead atoms. The third kappa shape index (κ3) is 3.40. The van der Waals surface area contributed by atoms with Crippen LogP contribution < -0.4 is 10.1 Å². The van der Waals surface area contributed by atoms with Crippen LogP contribution in [0, 0.1) is 0 Å². The Labute approximate surface area is 165 Å². The van der Waals surface area contributed by atoms with Gasteiger partial charge in [0, 0.05) is 19.1 Å². The van der Waals surface area contributed by atoms with Gasteiger partial charge in [0.25, 0.3) is 5.91 Å². The molecule has 28 heavy (non-hydrogen) atoms. The molecular formula is C19H20N4O4S. The number of methoxy groups -OCH3 is 1. The number of hydrogen-bond donors (Lipinski definition) is 3. The first-order chi connectivity index (χ1) is 13.6. The summed E-state index contributed by atoms with van der Waals surface area (Å²) in [7, 11) is 1.57. The minimum atomic E-state index is -0.960. The quantitative estimate of drug-likeness (QED) is 0.623. The minimum absolute atomic E-state index is 0.217. The van der Waals surface area contributed by atoms with Crippen molar-refractivity contribution in [1.29, 1.82) is 0 Å². The highest BCUT2D eigenvalue weighted by molar-refractivity contribution is 7.13. The van der Waals surface area contributed by atoms with Gasteiger partial charge in [-0.3, -0.25) is 4.79 Å². The second kappa shape index (κ2) is 7.51. The largest absolute Gasteiger partial charge is 0.494 e. The number of likely N-dealkylation sites (tertiary alicyclic amines) is 1. The van der Waals surface area contributed by atoms with Gasteiger partial charge in [0.05, 0.1) is 17.6 Å². The predicted octanol–water partition coefficient (Wildman–Crippen LogP) is 3.17. The molecule has 9 heteroatoms. The standard InChI is InChI=1S/C19H20N4O4S/c1-27-13-7-6-12(15-16(13)22-17(21-15)14-5-3-9-28-14)18(24)20-11-4-2-8-23(10-11)19(25)26/h3,5-7,9,11H,2,4,8,10H2,1H3,(H,20,24)(H,21,22)(H,25,26). The van der Waals surface area contributed by atoms with Crippen molar-refractivity contribution >= 4 is 34.4 Å². The van der Waals surface area contributed by atoms with E-state index in [0.29, 0.717) is 41.3 Å². The summed E-state index contributed by atoms with van der Waals surface area (Å²) in [6.45, 7) is 0.791. The molecule has 3 heterocycles. The molecule has 0 spiro atoms. The Kier molecular flexibility index (Phi) is 4.91. The topological polar surface area (TPSA) is 108 Å². The molecule has 0 radical (unpaired) electrons. The number of rotatable bonds is 4. The number of imidazole rings is 1. The molecular weight excluding hydrogens is 380 g/mol. The highest BCUT2D eigenvalue weighted by Crippen LogP contribution is 2.31. The minimum Gasteiger partial charge on any atom is -0.494 e. The maximum atomic E-state index is 12.9. The van der Waals surface area contributed by atoms with Gasteiger partial charge in [-0.1, -0.05) is 6.07 Å². The molecule has 3 aromatic rings. The van der Waals surface area contributed by atoms with E-state index in [4.69, 9.17) is 4.74 Å². The van der Waals surface area contributed by atoms with Crippen molar-refractivity contribution < 1.29 is 19.4 Å². The lowest BCUT2D eigenvalue weighted by atomic mass is 10.0. The van der Waals surface area contributed by atoms with Crippen molar-refractivity contribution in [3.05, 3.63) is 35.2 Å². The number of fused-ring (bicyclic) bond motifs is 1. The van der Waals surface area contributed by atoms with E-state index in [-0.39, 0.29) is 11.9 Å². The van der Waals surface area contributed by atoms with Gasteiger partial charge >= 0.3 is 6.09 Å². The van der Waals surface area contributed by atoms with Crippen LogP contribution in [0.5, 0.6) is 5.75 Å². The molecule has 0 saturated carbocycles. The zero-order valence-corrected chi connectivity index (χ0v) is 16.1. The normalized spacial score (nSPS) is 16.9. The van der Waals surface area contributed by atoms with Crippen LogP contribution in [0.4, 0.5) is 4.79 Å². The molecule has 146 valence electrons. The summed E-state index contributed by atoms with van der Waals surface area (Å²) in [4.78, 5) is 34.3.